The van der Waals surface area contributed by atoms with Gasteiger partial charge in [-0.2, -0.15) is 0 Å². The topological polar surface area (TPSA) is 52.0 Å². The molecule has 3 aromatic rings. The smallest absolute Gasteiger partial charge is 0.174 e. The van der Waals surface area contributed by atoms with E-state index < -0.39 is 0 Å². The van der Waals surface area contributed by atoms with Crippen molar-refractivity contribution in [3.8, 4) is 11.3 Å². The van der Waals surface area contributed by atoms with E-state index in [-0.39, 0.29) is 11.3 Å². The number of benzene rings is 2. The first-order chi connectivity index (χ1) is 8.25. The van der Waals surface area contributed by atoms with Crippen molar-refractivity contribution in [1.29, 1.82) is 0 Å². The maximum absolute atomic E-state index is 13.4. The van der Waals surface area contributed by atoms with E-state index in [1.807, 2.05) is 12.1 Å². The fourth-order valence-corrected chi connectivity index (χ4v) is 1.82. The monoisotopic (exact) mass is 228 g/mol. The third-order valence-corrected chi connectivity index (χ3v) is 2.61. The Balaban J connectivity index is 2.28. The van der Waals surface area contributed by atoms with Crippen LogP contribution < -0.4 is 5.73 Å². The molecule has 3 rings (SSSR count). The zero-order chi connectivity index (χ0) is 11.8. The molecule has 0 aliphatic carbocycles. The molecule has 2 aromatic carbocycles. The van der Waals surface area contributed by atoms with E-state index in [0.29, 0.717) is 16.8 Å². The molecule has 0 amide bonds. The van der Waals surface area contributed by atoms with E-state index in [1.54, 1.807) is 24.3 Å². The van der Waals surface area contributed by atoms with Gasteiger partial charge in [0.2, 0.25) is 0 Å². The first kappa shape index (κ1) is 9.84. The molecule has 0 atom stereocenters. The number of halogens is 1. The summed E-state index contributed by atoms with van der Waals surface area (Å²) in [5, 5.41) is 4.38. The van der Waals surface area contributed by atoms with Gasteiger partial charge in [-0.15, -0.1) is 0 Å². The van der Waals surface area contributed by atoms with E-state index in [4.69, 9.17) is 10.3 Å². The minimum absolute atomic E-state index is 0.241. The average Bonchev–Trinajstić information content (AvgIpc) is 2.74. The molecular weight excluding hydrogens is 219 g/mol. The molecule has 0 saturated heterocycles. The highest BCUT2D eigenvalue weighted by Crippen LogP contribution is 2.30. The van der Waals surface area contributed by atoms with Gasteiger partial charge in [0.05, 0.1) is 5.39 Å². The summed E-state index contributed by atoms with van der Waals surface area (Å²) in [4.78, 5) is 0. The molecule has 0 radical (unpaired) electrons. The second-order valence-electron chi connectivity index (χ2n) is 3.77. The van der Waals surface area contributed by atoms with Crippen LogP contribution in [0.4, 0.5) is 10.1 Å². The van der Waals surface area contributed by atoms with Gasteiger partial charge < -0.3 is 10.3 Å². The predicted molar refractivity (Wildman–Crippen MR) is 63.8 cm³/mol. The zero-order valence-corrected chi connectivity index (χ0v) is 8.85. The van der Waals surface area contributed by atoms with E-state index in [0.717, 1.165) is 5.56 Å². The number of nitrogen functional groups attached to an aromatic ring is 1. The van der Waals surface area contributed by atoms with Crippen LogP contribution in [0.3, 0.4) is 0 Å². The number of anilines is 1. The maximum atomic E-state index is 13.4. The van der Waals surface area contributed by atoms with Crippen molar-refractivity contribution in [1.82, 2.24) is 5.16 Å². The highest BCUT2D eigenvalue weighted by atomic mass is 19.1. The molecule has 2 N–H and O–H groups in total. The second kappa shape index (κ2) is 3.59. The second-order valence-corrected chi connectivity index (χ2v) is 3.77. The molecule has 0 aliphatic rings. The van der Waals surface area contributed by atoms with Gasteiger partial charge in [0.1, 0.15) is 5.52 Å². The summed E-state index contributed by atoms with van der Waals surface area (Å²) >= 11 is 0. The summed E-state index contributed by atoms with van der Waals surface area (Å²) in [5.74, 6) is 0.146. The summed E-state index contributed by atoms with van der Waals surface area (Å²) in [6, 6.07) is 12.0. The lowest BCUT2D eigenvalue weighted by molar-refractivity contribution is 0.437. The number of fused-ring (bicyclic) bond motifs is 1. The highest BCUT2D eigenvalue weighted by Gasteiger charge is 2.13. The van der Waals surface area contributed by atoms with E-state index in [9.17, 15) is 4.39 Å². The molecule has 1 aromatic heterocycles. The molecular formula is C13H9FN2O. The molecule has 3 nitrogen and oxygen atoms in total. The molecule has 84 valence electrons. The third kappa shape index (κ3) is 1.54. The van der Waals surface area contributed by atoms with E-state index in [1.165, 1.54) is 6.07 Å². The lowest BCUT2D eigenvalue weighted by atomic mass is 10.1. The Kier molecular flexibility index (Phi) is 2.08. The number of hydrogen-bond acceptors (Lipinski definition) is 3. The van der Waals surface area contributed by atoms with Crippen LogP contribution in [0.2, 0.25) is 0 Å². The Bertz CT molecular complexity index is 691. The van der Waals surface area contributed by atoms with Crippen LogP contribution in [0.25, 0.3) is 22.2 Å². The van der Waals surface area contributed by atoms with Crippen molar-refractivity contribution in [3.63, 3.8) is 0 Å². The van der Waals surface area contributed by atoms with Gasteiger partial charge in [-0.3, -0.25) is 0 Å². The van der Waals surface area contributed by atoms with Crippen LogP contribution in [0, 0.1) is 5.82 Å². The summed E-state index contributed by atoms with van der Waals surface area (Å²) in [5.41, 5.74) is 7.36. The Morgan fingerprint density at radius 3 is 2.76 bits per heavy atom. The van der Waals surface area contributed by atoms with Crippen LogP contribution in [0.1, 0.15) is 0 Å². The van der Waals surface area contributed by atoms with Crippen molar-refractivity contribution >= 4 is 16.6 Å². The van der Waals surface area contributed by atoms with Gasteiger partial charge in [-0.1, -0.05) is 23.4 Å². The SMILES string of the molecule is Nc1cccc(-c2onc3c(F)cccc23)c1. The first-order valence-electron chi connectivity index (χ1n) is 5.15. The minimum atomic E-state index is -0.388. The molecule has 17 heavy (non-hydrogen) atoms. The van der Waals surface area contributed by atoms with Crippen molar-refractivity contribution in [2.45, 2.75) is 0 Å². The minimum Gasteiger partial charge on any atom is -0.399 e. The van der Waals surface area contributed by atoms with Gasteiger partial charge in [0.15, 0.2) is 11.6 Å². The highest BCUT2D eigenvalue weighted by molar-refractivity contribution is 5.92. The largest absolute Gasteiger partial charge is 0.399 e. The fraction of sp³-hybridized carbons (Fsp3) is 0. The van der Waals surface area contributed by atoms with E-state index >= 15 is 0 Å². The molecule has 0 bridgehead atoms. The van der Waals surface area contributed by atoms with Gasteiger partial charge in [-0.25, -0.2) is 4.39 Å². The van der Waals surface area contributed by atoms with Crippen LogP contribution in [-0.2, 0) is 0 Å². The molecule has 1 heterocycles. The van der Waals surface area contributed by atoms with Crippen molar-refractivity contribution in [2.75, 3.05) is 5.73 Å². The molecule has 0 fully saturated rings. The van der Waals surface area contributed by atoms with Crippen molar-refractivity contribution in [3.05, 3.63) is 48.3 Å². The Labute approximate surface area is 96.6 Å². The third-order valence-electron chi connectivity index (χ3n) is 2.61. The summed E-state index contributed by atoms with van der Waals surface area (Å²) in [7, 11) is 0. The molecule has 0 saturated carbocycles. The predicted octanol–water partition coefficient (Wildman–Crippen LogP) is 3.22. The van der Waals surface area contributed by atoms with Gasteiger partial charge in [-0.05, 0) is 24.3 Å². The number of hydrogen-bond donors (Lipinski definition) is 1. The maximum Gasteiger partial charge on any atom is 0.174 e. The number of nitrogens with two attached hydrogens (primary N) is 1. The lowest BCUT2D eigenvalue weighted by Gasteiger charge is -1.98. The number of nitrogens with zero attached hydrogens (tertiary/aromatic N) is 1. The Morgan fingerprint density at radius 1 is 1.12 bits per heavy atom. The fourth-order valence-electron chi connectivity index (χ4n) is 1.82. The van der Waals surface area contributed by atoms with Crippen LogP contribution in [0.5, 0.6) is 0 Å². The molecule has 0 spiro atoms. The lowest BCUT2D eigenvalue weighted by Crippen LogP contribution is -1.84. The quantitative estimate of drug-likeness (QED) is 0.650. The molecule has 0 unspecified atom stereocenters. The standard InChI is InChI=1S/C13H9FN2O/c14-11-6-2-5-10-12(11)16-17-13(10)8-3-1-4-9(15)7-8/h1-7H,15H2. The van der Waals surface area contributed by atoms with Gasteiger partial charge in [0, 0.05) is 11.3 Å². The average molecular weight is 228 g/mol. The summed E-state index contributed by atoms with van der Waals surface area (Å²) < 4.78 is 18.6. The van der Waals surface area contributed by atoms with Gasteiger partial charge in [0.25, 0.3) is 0 Å². The number of rotatable bonds is 1. The molecule has 0 aliphatic heterocycles. The van der Waals surface area contributed by atoms with Gasteiger partial charge >= 0.3 is 0 Å². The van der Waals surface area contributed by atoms with E-state index in [2.05, 4.69) is 5.16 Å². The van der Waals surface area contributed by atoms with Crippen LogP contribution in [-0.4, -0.2) is 5.16 Å². The van der Waals surface area contributed by atoms with Crippen molar-refractivity contribution < 1.29 is 8.91 Å². The van der Waals surface area contributed by atoms with Crippen molar-refractivity contribution in [2.24, 2.45) is 0 Å². The number of aromatic nitrogens is 1. The summed E-state index contributed by atoms with van der Waals surface area (Å²) in [6.45, 7) is 0. The Hall–Kier alpha value is -2.36. The first-order valence-corrected chi connectivity index (χ1v) is 5.15. The Morgan fingerprint density at radius 2 is 1.94 bits per heavy atom. The van der Waals surface area contributed by atoms with Crippen LogP contribution >= 0.6 is 0 Å². The van der Waals surface area contributed by atoms with Crippen LogP contribution in [0.15, 0.2) is 47.0 Å². The normalized spacial score (nSPS) is 10.9. The molecule has 4 heteroatoms. The zero-order valence-electron chi connectivity index (χ0n) is 8.85. The summed E-state index contributed by atoms with van der Waals surface area (Å²) in [6.07, 6.45) is 0.